The molecule has 8 nitrogen and oxygen atoms in total. The molecule has 0 aliphatic carbocycles. The van der Waals surface area contributed by atoms with Crippen molar-refractivity contribution in [3.8, 4) is 0 Å². The lowest BCUT2D eigenvalue weighted by Crippen LogP contribution is -2.48. The number of rotatable bonds is 13. The van der Waals surface area contributed by atoms with Gasteiger partial charge in [-0.3, -0.25) is 18.2 Å². The standard InChI is InChI=1S/C30H40N4O4S2/c1-3-22-14-27(39-21-22)19-31-20-29(35)28(15-23-10-6-5-7-11-23)33-30(36)24-16-25(32-4-2)18-26(17-24)34-12-8-9-13-40(34,37)38/h3,5-7,10-11,14,16-18,21,28-29,31-32,35,37-38H,1,4,8-9,12-13,15,19-20H2,2H3,(H,33,36)/t28-,29+/m0/s1. The highest BCUT2D eigenvalue weighted by Gasteiger charge is 2.28. The lowest BCUT2D eigenvalue weighted by Gasteiger charge is -2.47. The summed E-state index contributed by atoms with van der Waals surface area (Å²) in [7, 11) is -2.94. The van der Waals surface area contributed by atoms with E-state index in [1.165, 1.54) is 0 Å². The molecule has 0 spiro atoms. The molecule has 10 heteroatoms. The average molecular weight is 585 g/mol. The summed E-state index contributed by atoms with van der Waals surface area (Å²) in [5.41, 5.74) is 3.79. The number of aliphatic hydroxyl groups excluding tert-OH is 1. The summed E-state index contributed by atoms with van der Waals surface area (Å²) in [6.45, 7) is 7.84. The van der Waals surface area contributed by atoms with Gasteiger partial charge in [0.15, 0.2) is 0 Å². The largest absolute Gasteiger partial charge is 0.390 e. The average Bonchev–Trinajstić information content (AvgIpc) is 3.41. The van der Waals surface area contributed by atoms with Crippen LogP contribution in [0.5, 0.6) is 0 Å². The van der Waals surface area contributed by atoms with Gasteiger partial charge in [-0.1, -0.05) is 43.0 Å². The number of carbonyl (C=O) groups is 1. The Morgan fingerprint density at radius 3 is 2.67 bits per heavy atom. The van der Waals surface area contributed by atoms with Crippen molar-refractivity contribution in [3.63, 3.8) is 0 Å². The smallest absolute Gasteiger partial charge is 0.251 e. The number of nitrogens with one attached hydrogen (secondary N) is 3. The monoisotopic (exact) mass is 584 g/mol. The molecule has 0 unspecified atom stereocenters. The first-order valence-electron chi connectivity index (χ1n) is 13.6. The highest BCUT2D eigenvalue weighted by molar-refractivity contribution is 8.25. The molecule has 3 aromatic rings. The van der Waals surface area contributed by atoms with Crippen molar-refractivity contribution in [3.05, 3.63) is 88.1 Å². The SMILES string of the molecule is C=Cc1csc(CNC[C@@H](O)[C@H](Cc2ccccc2)NC(=O)c2cc(NCC)cc(N3CCCCS3(O)O)c2)c1. The van der Waals surface area contributed by atoms with Gasteiger partial charge in [-0.05, 0) is 67.0 Å². The number of amides is 1. The normalized spacial score (nSPS) is 17.1. The summed E-state index contributed by atoms with van der Waals surface area (Å²) in [5, 5.41) is 22.8. The van der Waals surface area contributed by atoms with Crippen molar-refractivity contribution in [1.29, 1.82) is 0 Å². The van der Waals surface area contributed by atoms with Crippen LogP contribution in [-0.4, -0.2) is 57.7 Å². The molecule has 1 aromatic heterocycles. The van der Waals surface area contributed by atoms with Gasteiger partial charge < -0.3 is 21.1 Å². The number of anilines is 2. The molecule has 4 rings (SSSR count). The van der Waals surface area contributed by atoms with Gasteiger partial charge >= 0.3 is 0 Å². The van der Waals surface area contributed by atoms with Crippen LogP contribution in [0, 0.1) is 0 Å². The van der Waals surface area contributed by atoms with Crippen LogP contribution in [0.3, 0.4) is 0 Å². The van der Waals surface area contributed by atoms with E-state index in [9.17, 15) is 19.0 Å². The van der Waals surface area contributed by atoms with Gasteiger partial charge in [-0.2, -0.15) is 0 Å². The van der Waals surface area contributed by atoms with Gasteiger partial charge in [0.25, 0.3) is 5.91 Å². The van der Waals surface area contributed by atoms with E-state index in [-0.39, 0.29) is 5.91 Å². The third kappa shape index (κ3) is 8.09. The molecule has 1 fully saturated rings. The summed E-state index contributed by atoms with van der Waals surface area (Å²) in [4.78, 5) is 14.8. The van der Waals surface area contributed by atoms with Crippen LogP contribution in [0.2, 0.25) is 0 Å². The Morgan fingerprint density at radius 1 is 1.18 bits per heavy atom. The zero-order chi connectivity index (χ0) is 28.5. The quantitative estimate of drug-likeness (QED) is 0.155. The Hall–Kier alpha value is -2.86. The minimum Gasteiger partial charge on any atom is -0.390 e. The summed E-state index contributed by atoms with van der Waals surface area (Å²) < 4.78 is 23.0. The van der Waals surface area contributed by atoms with Gasteiger partial charge in [0.2, 0.25) is 0 Å². The van der Waals surface area contributed by atoms with Crippen molar-refractivity contribution >= 4 is 45.5 Å². The lowest BCUT2D eigenvalue weighted by atomic mass is 10.00. The first kappa shape index (κ1) is 30.1. The van der Waals surface area contributed by atoms with E-state index in [0.29, 0.717) is 49.6 Å². The summed E-state index contributed by atoms with van der Waals surface area (Å²) in [6.07, 6.45) is 3.04. The van der Waals surface area contributed by atoms with E-state index in [2.05, 4.69) is 28.6 Å². The number of benzene rings is 2. The second kappa shape index (κ2) is 14.2. The molecular weight excluding hydrogens is 544 g/mol. The van der Waals surface area contributed by atoms with Crippen LogP contribution in [0.4, 0.5) is 11.4 Å². The van der Waals surface area contributed by atoms with Gasteiger partial charge in [-0.15, -0.1) is 22.1 Å². The summed E-state index contributed by atoms with van der Waals surface area (Å²) >= 11 is 1.63. The van der Waals surface area contributed by atoms with E-state index in [0.717, 1.165) is 34.5 Å². The Balaban J connectivity index is 1.52. The van der Waals surface area contributed by atoms with E-state index in [1.54, 1.807) is 27.8 Å². The number of carbonyl (C=O) groups excluding carboxylic acids is 1. The Bertz CT molecular complexity index is 1270. The molecule has 0 saturated carbocycles. The van der Waals surface area contributed by atoms with Gasteiger partial charge in [0, 0.05) is 42.3 Å². The first-order valence-corrected chi connectivity index (χ1v) is 16.2. The third-order valence-corrected chi connectivity index (χ3v) is 9.76. The molecule has 0 radical (unpaired) electrons. The van der Waals surface area contributed by atoms with Gasteiger partial charge in [0.05, 0.1) is 23.6 Å². The Morgan fingerprint density at radius 2 is 1.98 bits per heavy atom. The molecule has 6 N–H and O–H groups in total. The van der Waals surface area contributed by atoms with Crippen LogP contribution >= 0.6 is 22.1 Å². The van der Waals surface area contributed by atoms with E-state index < -0.39 is 22.9 Å². The molecular formula is C30H40N4O4S2. The van der Waals surface area contributed by atoms with Crippen LogP contribution < -0.4 is 20.3 Å². The Labute approximate surface area is 242 Å². The van der Waals surface area contributed by atoms with E-state index in [1.807, 2.05) is 54.8 Å². The number of nitrogens with zero attached hydrogens (tertiary/aromatic N) is 1. The molecule has 1 aliphatic rings. The van der Waals surface area contributed by atoms with E-state index in [4.69, 9.17) is 0 Å². The molecule has 40 heavy (non-hydrogen) atoms. The number of aliphatic hydroxyl groups is 1. The van der Waals surface area contributed by atoms with Crippen LogP contribution in [-0.2, 0) is 13.0 Å². The lowest BCUT2D eigenvalue weighted by molar-refractivity contribution is 0.0830. The van der Waals surface area contributed by atoms with Crippen LogP contribution in [0.15, 0.2) is 66.6 Å². The molecule has 2 aromatic carbocycles. The number of hydrogen-bond acceptors (Lipinski definition) is 8. The van der Waals surface area contributed by atoms with E-state index >= 15 is 0 Å². The predicted molar refractivity (Wildman–Crippen MR) is 168 cm³/mol. The maximum Gasteiger partial charge on any atom is 0.251 e. The highest BCUT2D eigenvalue weighted by Crippen LogP contribution is 2.50. The summed E-state index contributed by atoms with van der Waals surface area (Å²) in [6, 6.07) is 16.6. The third-order valence-electron chi connectivity index (χ3n) is 6.87. The Kier molecular flexibility index (Phi) is 10.7. The van der Waals surface area contributed by atoms with Crippen molar-refractivity contribution in [2.75, 3.05) is 35.0 Å². The fraction of sp³-hybridized carbons (Fsp3) is 0.367. The van der Waals surface area contributed by atoms with Crippen molar-refractivity contribution in [2.45, 2.75) is 44.9 Å². The maximum atomic E-state index is 13.6. The van der Waals surface area contributed by atoms with Crippen molar-refractivity contribution in [2.24, 2.45) is 0 Å². The predicted octanol–water partition coefficient (Wildman–Crippen LogP) is 5.58. The fourth-order valence-electron chi connectivity index (χ4n) is 4.78. The number of hydrogen-bond donors (Lipinski definition) is 6. The minimum atomic E-state index is -2.94. The molecule has 0 bridgehead atoms. The zero-order valence-electron chi connectivity index (χ0n) is 22.9. The highest BCUT2D eigenvalue weighted by atomic mass is 32.3. The van der Waals surface area contributed by atoms with Gasteiger partial charge in [0.1, 0.15) is 0 Å². The van der Waals surface area contributed by atoms with Crippen molar-refractivity contribution < 1.29 is 19.0 Å². The molecule has 1 saturated heterocycles. The second-order valence-electron chi connectivity index (χ2n) is 9.96. The molecule has 216 valence electrons. The molecule has 2 heterocycles. The fourth-order valence-corrected chi connectivity index (χ4v) is 7.30. The molecule has 1 amide bonds. The van der Waals surface area contributed by atoms with Gasteiger partial charge in [-0.25, -0.2) is 0 Å². The molecule has 1 aliphatic heterocycles. The molecule has 2 atom stereocenters. The minimum absolute atomic E-state index is 0.302. The number of thiophene rings is 1. The van der Waals surface area contributed by atoms with Crippen LogP contribution in [0.25, 0.3) is 6.08 Å². The summed E-state index contributed by atoms with van der Waals surface area (Å²) in [5.74, 6) is -0.0121. The van der Waals surface area contributed by atoms with Crippen LogP contribution in [0.1, 0.15) is 46.1 Å². The second-order valence-corrected chi connectivity index (χ2v) is 13.1. The first-order chi connectivity index (χ1) is 19.3. The van der Waals surface area contributed by atoms with Crippen molar-refractivity contribution in [1.82, 2.24) is 10.6 Å². The maximum absolute atomic E-state index is 13.6. The topological polar surface area (TPSA) is 117 Å². The zero-order valence-corrected chi connectivity index (χ0v) is 24.5.